The molecule has 9 nitrogen and oxygen atoms in total. The summed E-state index contributed by atoms with van der Waals surface area (Å²) in [4.78, 5) is 25.2. The molecule has 0 spiro atoms. The number of amides is 1. The summed E-state index contributed by atoms with van der Waals surface area (Å²) >= 11 is 0. The number of likely N-dealkylation sites (tertiary alicyclic amines) is 1. The van der Waals surface area contributed by atoms with Crippen molar-refractivity contribution in [1.82, 2.24) is 24.3 Å². The highest BCUT2D eigenvalue weighted by Crippen LogP contribution is 2.52. The number of benzene rings is 1. The van der Waals surface area contributed by atoms with Crippen LogP contribution < -0.4 is 15.2 Å². The Bertz CT molecular complexity index is 1520. The van der Waals surface area contributed by atoms with Crippen LogP contribution in [0.2, 0.25) is 0 Å². The molecule has 10 heteroatoms. The van der Waals surface area contributed by atoms with E-state index in [1.54, 1.807) is 12.1 Å². The maximum Gasteiger partial charge on any atom is 0.246 e. The molecule has 2 aromatic heterocycles. The number of carbonyl (C=O) groups is 1. The van der Waals surface area contributed by atoms with Crippen LogP contribution in [-0.2, 0) is 11.3 Å². The zero-order valence-electron chi connectivity index (χ0n) is 21.6. The van der Waals surface area contributed by atoms with E-state index in [4.69, 9.17) is 15.2 Å². The fourth-order valence-electron chi connectivity index (χ4n) is 5.60. The molecule has 2 N–H and O–H groups in total. The Morgan fingerprint density at radius 1 is 1.24 bits per heavy atom. The van der Waals surface area contributed by atoms with Crippen LogP contribution in [0.3, 0.4) is 0 Å². The minimum Gasteiger partial charge on any atom is -0.453 e. The van der Waals surface area contributed by atoms with Crippen LogP contribution in [0.4, 0.5) is 10.2 Å². The standard InChI is InChI=1S/C28H29FN6O3/c1-4-35-21(10-8-16-18-12-34(13-19(16)18)22(36)6-5-11-33(2)3)23(24-27(30)31-14-32-28(24)35)17-7-9-20(29)26-25(17)37-15-38-26/h5-7,9,14,16,18-19H,4,11-13,15H2,1-3H3,(H2,30,31,32)/b6-5+/t16-,18-,19+. The fourth-order valence-corrected chi connectivity index (χ4v) is 5.60. The first-order valence-corrected chi connectivity index (χ1v) is 12.7. The average molecular weight is 517 g/mol. The van der Waals surface area contributed by atoms with Gasteiger partial charge in [0.1, 0.15) is 23.5 Å². The fraction of sp³-hybridized carbons (Fsp3) is 0.393. The van der Waals surface area contributed by atoms with Crippen molar-refractivity contribution in [2.45, 2.75) is 13.5 Å². The third-order valence-corrected chi connectivity index (χ3v) is 7.52. The number of nitrogen functional groups attached to an aromatic ring is 1. The second kappa shape index (κ2) is 9.33. The molecule has 1 aliphatic carbocycles. The largest absolute Gasteiger partial charge is 0.453 e. The van der Waals surface area contributed by atoms with Gasteiger partial charge in [0.2, 0.25) is 18.4 Å². The summed E-state index contributed by atoms with van der Waals surface area (Å²) < 4.78 is 27.5. The van der Waals surface area contributed by atoms with Crippen molar-refractivity contribution in [2.75, 3.05) is 46.3 Å². The van der Waals surface area contributed by atoms with Gasteiger partial charge in [-0.1, -0.05) is 12.0 Å². The van der Waals surface area contributed by atoms with Crippen molar-refractivity contribution in [1.29, 1.82) is 0 Å². The van der Waals surface area contributed by atoms with Crippen molar-refractivity contribution in [2.24, 2.45) is 17.8 Å². The Hall–Kier alpha value is -4.10. The number of halogens is 1. The molecule has 1 saturated heterocycles. The quantitative estimate of drug-likeness (QED) is 0.411. The first-order chi connectivity index (χ1) is 18.4. The molecule has 6 rings (SSSR count). The Balaban J connectivity index is 1.34. The minimum atomic E-state index is -0.487. The van der Waals surface area contributed by atoms with Crippen LogP contribution in [0, 0.1) is 35.4 Å². The molecule has 4 heterocycles. The zero-order valence-corrected chi connectivity index (χ0v) is 21.6. The summed E-state index contributed by atoms with van der Waals surface area (Å²) in [6, 6.07) is 3.02. The minimum absolute atomic E-state index is 0.0561. The highest BCUT2D eigenvalue weighted by Gasteiger charge is 2.55. The number of aryl methyl sites for hydroxylation is 1. The van der Waals surface area contributed by atoms with E-state index < -0.39 is 5.82 Å². The number of likely N-dealkylation sites (N-methyl/N-ethyl adjacent to an activating group) is 1. The molecule has 0 radical (unpaired) electrons. The van der Waals surface area contributed by atoms with E-state index in [9.17, 15) is 9.18 Å². The van der Waals surface area contributed by atoms with Crippen LogP contribution >= 0.6 is 0 Å². The number of hydrogen-bond donors (Lipinski definition) is 1. The number of piperidine rings is 1. The SMILES string of the molecule is CCn1c(C#C[C@@H]2[C@H]3CN(C(=O)/C=C/CN(C)C)C[C@@H]23)c(-c2ccc(F)c3c2OCO3)c2c(N)ncnc21. The smallest absolute Gasteiger partial charge is 0.246 e. The van der Waals surface area contributed by atoms with E-state index in [2.05, 4.69) is 21.8 Å². The molecule has 3 aromatic rings. The topological polar surface area (TPSA) is 98.7 Å². The Kier molecular flexibility index (Phi) is 5.95. The van der Waals surface area contributed by atoms with Crippen LogP contribution in [0.5, 0.6) is 11.5 Å². The first kappa shape index (κ1) is 24.2. The highest BCUT2D eigenvalue weighted by molar-refractivity contribution is 6.05. The van der Waals surface area contributed by atoms with Gasteiger partial charge in [-0.25, -0.2) is 14.4 Å². The van der Waals surface area contributed by atoms with Crippen molar-refractivity contribution in [3.8, 4) is 34.5 Å². The van der Waals surface area contributed by atoms with Gasteiger partial charge >= 0.3 is 0 Å². The number of fused-ring (bicyclic) bond motifs is 3. The maximum atomic E-state index is 14.4. The lowest BCUT2D eigenvalue weighted by molar-refractivity contribution is -0.125. The van der Waals surface area contributed by atoms with Gasteiger partial charge in [0.25, 0.3) is 0 Å². The highest BCUT2D eigenvalue weighted by atomic mass is 19.1. The summed E-state index contributed by atoms with van der Waals surface area (Å²) in [5.74, 6) is 8.12. The Morgan fingerprint density at radius 3 is 2.74 bits per heavy atom. The molecule has 2 fully saturated rings. The lowest BCUT2D eigenvalue weighted by atomic mass is 10.0. The number of anilines is 1. The molecule has 1 amide bonds. The molecule has 38 heavy (non-hydrogen) atoms. The number of carbonyl (C=O) groups excluding carboxylic acids is 1. The van der Waals surface area contributed by atoms with E-state index in [1.165, 1.54) is 12.4 Å². The zero-order chi connectivity index (χ0) is 26.6. The Labute approximate surface area is 220 Å². The third-order valence-electron chi connectivity index (χ3n) is 7.52. The molecule has 196 valence electrons. The number of hydrogen-bond acceptors (Lipinski definition) is 7. The van der Waals surface area contributed by atoms with Gasteiger partial charge in [0, 0.05) is 49.3 Å². The molecule has 3 atom stereocenters. The van der Waals surface area contributed by atoms with Crippen molar-refractivity contribution < 1.29 is 18.7 Å². The van der Waals surface area contributed by atoms with Crippen LogP contribution in [0.15, 0.2) is 30.6 Å². The summed E-state index contributed by atoms with van der Waals surface area (Å²) in [5.41, 5.74) is 9.08. The van der Waals surface area contributed by atoms with Gasteiger partial charge in [-0.3, -0.25) is 4.79 Å². The molecule has 3 aliphatic rings. The summed E-state index contributed by atoms with van der Waals surface area (Å²) in [5, 5.41) is 0.653. The molecular formula is C28H29FN6O3. The van der Waals surface area contributed by atoms with E-state index in [0.29, 0.717) is 65.2 Å². The van der Waals surface area contributed by atoms with Crippen molar-refractivity contribution >= 4 is 22.8 Å². The molecular weight excluding hydrogens is 487 g/mol. The lowest BCUT2D eigenvalue weighted by Crippen LogP contribution is -2.30. The predicted octanol–water partition coefficient (Wildman–Crippen LogP) is 2.74. The van der Waals surface area contributed by atoms with Gasteiger partial charge in [0.15, 0.2) is 11.6 Å². The molecule has 2 aliphatic heterocycles. The van der Waals surface area contributed by atoms with Gasteiger partial charge in [-0.05, 0) is 50.9 Å². The average Bonchev–Trinajstić information content (AvgIpc) is 3.32. The van der Waals surface area contributed by atoms with Gasteiger partial charge in [-0.2, -0.15) is 0 Å². The number of nitrogens with zero attached hydrogens (tertiary/aromatic N) is 5. The maximum absolute atomic E-state index is 14.4. The second-order valence-electron chi connectivity index (χ2n) is 10.1. The summed E-state index contributed by atoms with van der Waals surface area (Å²) in [7, 11) is 3.94. The van der Waals surface area contributed by atoms with E-state index in [-0.39, 0.29) is 24.4 Å². The lowest BCUT2D eigenvalue weighted by Gasteiger charge is -2.17. The predicted molar refractivity (Wildman–Crippen MR) is 141 cm³/mol. The normalized spacial score (nSPS) is 21.3. The summed E-state index contributed by atoms with van der Waals surface area (Å²) in [6.07, 6.45) is 4.99. The van der Waals surface area contributed by atoms with E-state index in [1.807, 2.05) is 41.5 Å². The van der Waals surface area contributed by atoms with Gasteiger partial charge in [-0.15, -0.1) is 0 Å². The number of ether oxygens (including phenoxy) is 2. The van der Waals surface area contributed by atoms with E-state index in [0.717, 1.165) is 12.2 Å². The van der Waals surface area contributed by atoms with Gasteiger partial charge < -0.3 is 29.6 Å². The number of nitrogens with two attached hydrogens (primary N) is 1. The van der Waals surface area contributed by atoms with Crippen LogP contribution in [-0.4, -0.2) is 70.8 Å². The van der Waals surface area contributed by atoms with Crippen molar-refractivity contribution in [3.05, 3.63) is 42.1 Å². The molecule has 0 unspecified atom stereocenters. The van der Waals surface area contributed by atoms with Crippen molar-refractivity contribution in [3.63, 3.8) is 0 Å². The van der Waals surface area contributed by atoms with E-state index >= 15 is 0 Å². The van der Waals surface area contributed by atoms with Crippen LogP contribution in [0.1, 0.15) is 12.6 Å². The second-order valence-corrected chi connectivity index (χ2v) is 10.1. The van der Waals surface area contributed by atoms with Crippen LogP contribution in [0.25, 0.3) is 22.2 Å². The molecule has 1 saturated carbocycles. The third kappa shape index (κ3) is 3.94. The molecule has 1 aromatic carbocycles. The Morgan fingerprint density at radius 2 is 2.00 bits per heavy atom. The molecule has 0 bridgehead atoms. The number of aromatic nitrogens is 3. The first-order valence-electron chi connectivity index (χ1n) is 12.7. The monoisotopic (exact) mass is 516 g/mol. The van der Waals surface area contributed by atoms with Gasteiger partial charge in [0.05, 0.1) is 5.39 Å². The number of rotatable bonds is 5. The summed E-state index contributed by atoms with van der Waals surface area (Å²) in [6.45, 7) is 4.73.